The van der Waals surface area contributed by atoms with Crippen molar-refractivity contribution in [3.8, 4) is 0 Å². The highest BCUT2D eigenvalue weighted by molar-refractivity contribution is 9.10. The van der Waals surface area contributed by atoms with Crippen molar-refractivity contribution >= 4 is 27.6 Å². The summed E-state index contributed by atoms with van der Waals surface area (Å²) in [5, 5.41) is 2.40. The predicted octanol–water partition coefficient (Wildman–Crippen LogP) is 2.54. The average molecular weight is 302 g/mol. The van der Waals surface area contributed by atoms with E-state index < -0.39 is 11.7 Å². The summed E-state index contributed by atoms with van der Waals surface area (Å²) >= 11 is 3.10. The molecule has 1 aromatic carbocycles. The molecule has 17 heavy (non-hydrogen) atoms. The van der Waals surface area contributed by atoms with Gasteiger partial charge < -0.3 is 5.32 Å². The Morgan fingerprint density at radius 2 is 2.06 bits per heavy atom. The van der Waals surface area contributed by atoms with Crippen LogP contribution in [0.15, 0.2) is 22.7 Å². The molecule has 0 saturated heterocycles. The maximum Gasteiger partial charge on any atom is 0.255 e. The quantitative estimate of drug-likeness (QED) is 0.929. The third-order valence-electron chi connectivity index (χ3n) is 2.26. The lowest BCUT2D eigenvalue weighted by Crippen LogP contribution is -2.32. The van der Waals surface area contributed by atoms with E-state index in [-0.39, 0.29) is 23.8 Å². The summed E-state index contributed by atoms with van der Waals surface area (Å²) < 4.78 is 13.8. The number of ketones is 1. The van der Waals surface area contributed by atoms with Crippen molar-refractivity contribution in [1.82, 2.24) is 5.32 Å². The number of benzene rings is 1. The van der Waals surface area contributed by atoms with Gasteiger partial charge in [-0.05, 0) is 28.1 Å². The van der Waals surface area contributed by atoms with Crippen LogP contribution in [0, 0.1) is 11.7 Å². The molecule has 0 spiro atoms. The van der Waals surface area contributed by atoms with Crippen molar-refractivity contribution in [2.75, 3.05) is 6.54 Å². The lowest BCUT2D eigenvalue weighted by atomic mass is 10.1. The number of rotatable bonds is 4. The lowest BCUT2D eigenvalue weighted by molar-refractivity contribution is -0.120. The summed E-state index contributed by atoms with van der Waals surface area (Å²) in [6.45, 7) is 3.40. The van der Waals surface area contributed by atoms with Crippen molar-refractivity contribution in [3.05, 3.63) is 34.1 Å². The van der Waals surface area contributed by atoms with Gasteiger partial charge in [0, 0.05) is 10.4 Å². The lowest BCUT2D eigenvalue weighted by Gasteiger charge is -2.08. The van der Waals surface area contributed by atoms with E-state index in [2.05, 4.69) is 21.2 Å². The smallest absolute Gasteiger partial charge is 0.255 e. The second-order valence-corrected chi connectivity index (χ2v) is 4.75. The van der Waals surface area contributed by atoms with E-state index in [0.29, 0.717) is 4.47 Å². The Morgan fingerprint density at radius 1 is 1.41 bits per heavy atom. The van der Waals surface area contributed by atoms with Gasteiger partial charge in [-0.1, -0.05) is 19.9 Å². The number of hydrogen-bond donors (Lipinski definition) is 1. The van der Waals surface area contributed by atoms with Gasteiger partial charge in [0.2, 0.25) is 0 Å². The van der Waals surface area contributed by atoms with Crippen molar-refractivity contribution in [3.63, 3.8) is 0 Å². The first-order chi connectivity index (χ1) is 7.93. The molecule has 0 unspecified atom stereocenters. The zero-order valence-electron chi connectivity index (χ0n) is 9.59. The van der Waals surface area contributed by atoms with E-state index in [1.807, 2.05) is 0 Å². The van der Waals surface area contributed by atoms with Crippen LogP contribution in [0.3, 0.4) is 0 Å². The molecule has 1 rings (SSSR count). The summed E-state index contributed by atoms with van der Waals surface area (Å²) in [6, 6.07) is 4.27. The van der Waals surface area contributed by atoms with Crippen molar-refractivity contribution in [2.24, 2.45) is 5.92 Å². The maximum atomic E-state index is 13.4. The Kier molecular flexibility index (Phi) is 4.81. The number of halogens is 2. The predicted molar refractivity (Wildman–Crippen MR) is 66.3 cm³/mol. The first kappa shape index (κ1) is 13.8. The van der Waals surface area contributed by atoms with E-state index in [4.69, 9.17) is 0 Å². The Labute approximate surface area is 108 Å². The highest BCUT2D eigenvalue weighted by atomic mass is 79.9. The topological polar surface area (TPSA) is 46.2 Å². The van der Waals surface area contributed by atoms with Gasteiger partial charge in [-0.25, -0.2) is 4.39 Å². The zero-order valence-corrected chi connectivity index (χ0v) is 11.2. The standard InChI is InChI=1S/C12H13BrFNO2/c1-7(2)10(16)6-15-12(17)11-8(13)4-3-5-9(11)14/h3-5,7H,6H2,1-2H3,(H,15,17). The van der Waals surface area contributed by atoms with Gasteiger partial charge in [-0.3, -0.25) is 9.59 Å². The molecule has 0 aliphatic carbocycles. The molecule has 0 heterocycles. The van der Waals surface area contributed by atoms with Crippen LogP contribution in [0.4, 0.5) is 4.39 Å². The van der Waals surface area contributed by atoms with Crippen LogP contribution < -0.4 is 5.32 Å². The molecule has 0 saturated carbocycles. The Balaban J connectivity index is 2.74. The molecular formula is C12H13BrFNO2. The van der Waals surface area contributed by atoms with Gasteiger partial charge >= 0.3 is 0 Å². The molecule has 0 aliphatic rings. The molecule has 3 nitrogen and oxygen atoms in total. The summed E-state index contributed by atoms with van der Waals surface area (Å²) in [6.07, 6.45) is 0. The molecule has 1 N–H and O–H groups in total. The van der Waals surface area contributed by atoms with Gasteiger partial charge in [-0.15, -0.1) is 0 Å². The average Bonchev–Trinajstić information content (AvgIpc) is 2.25. The Hall–Kier alpha value is -1.23. The SMILES string of the molecule is CC(C)C(=O)CNC(=O)c1c(F)cccc1Br. The number of carbonyl (C=O) groups is 2. The molecule has 0 aromatic heterocycles. The Bertz CT molecular complexity index is 426. The van der Waals surface area contributed by atoms with E-state index in [9.17, 15) is 14.0 Å². The highest BCUT2D eigenvalue weighted by Crippen LogP contribution is 2.19. The molecule has 0 aliphatic heterocycles. The fourth-order valence-electron chi connectivity index (χ4n) is 1.17. The summed E-state index contributed by atoms with van der Waals surface area (Å²) in [4.78, 5) is 23.0. The maximum absolute atomic E-state index is 13.4. The van der Waals surface area contributed by atoms with Gasteiger partial charge in [0.1, 0.15) is 5.82 Å². The van der Waals surface area contributed by atoms with Gasteiger partial charge in [-0.2, -0.15) is 0 Å². The first-order valence-electron chi connectivity index (χ1n) is 5.18. The zero-order chi connectivity index (χ0) is 13.0. The van der Waals surface area contributed by atoms with Crippen LogP contribution in [0.1, 0.15) is 24.2 Å². The van der Waals surface area contributed by atoms with Crippen molar-refractivity contribution in [1.29, 1.82) is 0 Å². The molecule has 0 bridgehead atoms. The van der Waals surface area contributed by atoms with Crippen molar-refractivity contribution < 1.29 is 14.0 Å². The molecule has 0 radical (unpaired) electrons. The van der Waals surface area contributed by atoms with E-state index in [1.54, 1.807) is 19.9 Å². The van der Waals surface area contributed by atoms with Gasteiger partial charge in [0.25, 0.3) is 5.91 Å². The largest absolute Gasteiger partial charge is 0.345 e. The molecule has 92 valence electrons. The number of hydrogen-bond acceptors (Lipinski definition) is 2. The minimum absolute atomic E-state index is 0.0796. The number of Topliss-reactive ketones (excluding diaryl/α,β-unsaturated/α-hetero) is 1. The molecular weight excluding hydrogens is 289 g/mol. The second kappa shape index (κ2) is 5.91. The highest BCUT2D eigenvalue weighted by Gasteiger charge is 2.16. The van der Waals surface area contributed by atoms with Crippen LogP contribution in [-0.2, 0) is 4.79 Å². The number of amides is 1. The van der Waals surface area contributed by atoms with E-state index >= 15 is 0 Å². The van der Waals surface area contributed by atoms with Crippen molar-refractivity contribution in [2.45, 2.75) is 13.8 Å². The Morgan fingerprint density at radius 3 is 2.59 bits per heavy atom. The minimum atomic E-state index is -0.617. The van der Waals surface area contributed by atoms with Crippen LogP contribution in [0.2, 0.25) is 0 Å². The van der Waals surface area contributed by atoms with Crippen LogP contribution in [-0.4, -0.2) is 18.2 Å². The van der Waals surface area contributed by atoms with Crippen LogP contribution in [0.5, 0.6) is 0 Å². The van der Waals surface area contributed by atoms with Gasteiger partial charge in [0.05, 0.1) is 12.1 Å². The summed E-state index contributed by atoms with van der Waals surface area (Å²) in [5.41, 5.74) is -0.0796. The van der Waals surface area contributed by atoms with Crippen LogP contribution in [0.25, 0.3) is 0 Å². The second-order valence-electron chi connectivity index (χ2n) is 3.90. The fourth-order valence-corrected chi connectivity index (χ4v) is 1.70. The normalized spacial score (nSPS) is 10.4. The van der Waals surface area contributed by atoms with E-state index in [1.165, 1.54) is 12.1 Å². The molecule has 5 heteroatoms. The molecule has 0 atom stereocenters. The van der Waals surface area contributed by atoms with Gasteiger partial charge in [0.15, 0.2) is 5.78 Å². The summed E-state index contributed by atoms with van der Waals surface area (Å²) in [5.74, 6) is -1.46. The fraction of sp³-hybridized carbons (Fsp3) is 0.333. The number of carbonyl (C=O) groups excluding carboxylic acids is 2. The molecule has 1 aromatic rings. The summed E-state index contributed by atoms with van der Waals surface area (Å²) in [7, 11) is 0. The third-order valence-corrected chi connectivity index (χ3v) is 2.92. The number of nitrogens with one attached hydrogen (secondary N) is 1. The first-order valence-corrected chi connectivity index (χ1v) is 5.97. The molecule has 1 amide bonds. The monoisotopic (exact) mass is 301 g/mol. The minimum Gasteiger partial charge on any atom is -0.345 e. The third kappa shape index (κ3) is 3.63. The van der Waals surface area contributed by atoms with E-state index in [0.717, 1.165) is 0 Å². The van der Waals surface area contributed by atoms with Crippen LogP contribution >= 0.6 is 15.9 Å². The molecule has 0 fully saturated rings.